The van der Waals surface area contributed by atoms with Gasteiger partial charge in [-0.1, -0.05) is 6.07 Å². The smallest absolute Gasteiger partial charge is 0.226 e. The van der Waals surface area contributed by atoms with Crippen LogP contribution in [0.3, 0.4) is 0 Å². The summed E-state index contributed by atoms with van der Waals surface area (Å²) in [6.07, 6.45) is 4.71. The summed E-state index contributed by atoms with van der Waals surface area (Å²) in [5.41, 5.74) is 0. The fraction of sp³-hybridized carbons (Fsp3) is 0.667. The number of carbonyl (C=O) groups excluding carboxylic acids is 1. The van der Waals surface area contributed by atoms with Gasteiger partial charge in [0, 0.05) is 29.9 Å². The van der Waals surface area contributed by atoms with Crippen molar-refractivity contribution in [3.8, 4) is 0 Å². The molecule has 1 aromatic rings. The molecule has 1 aromatic heterocycles. The largest absolute Gasteiger partial charge is 0.334 e. The standard InChI is InChI=1S/C15H22N2O3S2/c1-22(19,20)16-8-6-12(7-9-16)15(18)17(13-4-5-13)11-14-3-2-10-21-14/h2-3,10,12-13H,4-9,11H2,1H3. The highest BCUT2D eigenvalue weighted by atomic mass is 32.2. The Labute approximate surface area is 136 Å². The van der Waals surface area contributed by atoms with Crippen LogP contribution in [0.5, 0.6) is 0 Å². The van der Waals surface area contributed by atoms with Crippen LogP contribution in [-0.4, -0.2) is 48.9 Å². The van der Waals surface area contributed by atoms with Crippen LogP contribution >= 0.6 is 11.3 Å². The zero-order valence-corrected chi connectivity index (χ0v) is 14.4. The van der Waals surface area contributed by atoms with E-state index in [4.69, 9.17) is 0 Å². The molecule has 2 fully saturated rings. The van der Waals surface area contributed by atoms with Crippen molar-refractivity contribution in [3.63, 3.8) is 0 Å². The van der Waals surface area contributed by atoms with Crippen LogP contribution in [0.4, 0.5) is 0 Å². The molecule has 22 heavy (non-hydrogen) atoms. The topological polar surface area (TPSA) is 57.7 Å². The number of thiophene rings is 1. The maximum Gasteiger partial charge on any atom is 0.226 e. The Kier molecular flexibility index (Phi) is 4.56. The first-order chi connectivity index (χ1) is 10.4. The molecule has 0 spiro atoms. The molecule has 1 saturated carbocycles. The van der Waals surface area contributed by atoms with Gasteiger partial charge in [-0.25, -0.2) is 12.7 Å². The summed E-state index contributed by atoms with van der Waals surface area (Å²) in [5.74, 6) is 0.183. The molecule has 7 heteroatoms. The molecule has 0 atom stereocenters. The van der Waals surface area contributed by atoms with Gasteiger partial charge in [0.05, 0.1) is 12.8 Å². The molecular weight excluding hydrogens is 320 g/mol. The third-order valence-corrected chi connectivity index (χ3v) is 6.61. The number of amides is 1. The van der Waals surface area contributed by atoms with Crippen molar-refractivity contribution < 1.29 is 13.2 Å². The normalized spacial score (nSPS) is 21.0. The summed E-state index contributed by atoms with van der Waals surface area (Å²) in [6.45, 7) is 1.63. The van der Waals surface area contributed by atoms with E-state index in [0.717, 1.165) is 12.8 Å². The predicted octanol–water partition coefficient (Wildman–Crippen LogP) is 1.91. The van der Waals surface area contributed by atoms with E-state index >= 15 is 0 Å². The minimum Gasteiger partial charge on any atom is -0.334 e. The lowest BCUT2D eigenvalue weighted by atomic mass is 9.96. The minimum absolute atomic E-state index is 0.0291. The van der Waals surface area contributed by atoms with Gasteiger partial charge in [-0.2, -0.15) is 0 Å². The molecule has 2 aliphatic rings. The molecule has 0 bridgehead atoms. The molecule has 0 aromatic carbocycles. The SMILES string of the molecule is CS(=O)(=O)N1CCC(C(=O)N(Cc2cccs2)C2CC2)CC1. The van der Waals surface area contributed by atoms with E-state index in [1.165, 1.54) is 15.4 Å². The second kappa shape index (κ2) is 6.29. The third-order valence-electron chi connectivity index (χ3n) is 4.45. The fourth-order valence-corrected chi connectivity index (χ4v) is 4.59. The Morgan fingerprint density at radius 2 is 2.00 bits per heavy atom. The number of carbonyl (C=O) groups is 1. The van der Waals surface area contributed by atoms with Gasteiger partial charge in [-0.3, -0.25) is 4.79 Å². The Balaban J connectivity index is 1.62. The highest BCUT2D eigenvalue weighted by molar-refractivity contribution is 7.88. The average molecular weight is 342 g/mol. The van der Waals surface area contributed by atoms with Crippen molar-refractivity contribution in [3.05, 3.63) is 22.4 Å². The van der Waals surface area contributed by atoms with Crippen LogP contribution < -0.4 is 0 Å². The molecule has 0 N–H and O–H groups in total. The number of hydrogen-bond donors (Lipinski definition) is 0. The highest BCUT2D eigenvalue weighted by Gasteiger charge is 2.37. The summed E-state index contributed by atoms with van der Waals surface area (Å²) >= 11 is 1.68. The quantitative estimate of drug-likeness (QED) is 0.821. The van der Waals surface area contributed by atoms with Crippen LogP contribution in [0.2, 0.25) is 0 Å². The number of rotatable bonds is 5. The lowest BCUT2D eigenvalue weighted by Gasteiger charge is -2.33. The first-order valence-corrected chi connectivity index (χ1v) is 10.5. The van der Waals surface area contributed by atoms with Crippen LogP contribution in [0.1, 0.15) is 30.6 Å². The first kappa shape index (κ1) is 16.0. The molecule has 1 aliphatic carbocycles. The molecule has 0 unspecified atom stereocenters. The predicted molar refractivity (Wildman–Crippen MR) is 87.0 cm³/mol. The van der Waals surface area contributed by atoms with Crippen LogP contribution in [-0.2, 0) is 21.4 Å². The maximum absolute atomic E-state index is 12.8. The second-order valence-electron chi connectivity index (χ2n) is 6.21. The maximum atomic E-state index is 12.8. The van der Waals surface area contributed by atoms with Crippen LogP contribution in [0, 0.1) is 5.92 Å². The lowest BCUT2D eigenvalue weighted by Crippen LogP contribution is -2.44. The van der Waals surface area contributed by atoms with Gasteiger partial charge in [0.15, 0.2) is 0 Å². The van der Waals surface area contributed by atoms with E-state index in [-0.39, 0.29) is 11.8 Å². The minimum atomic E-state index is -3.13. The van der Waals surface area contributed by atoms with Gasteiger partial charge < -0.3 is 4.90 Å². The van der Waals surface area contributed by atoms with Gasteiger partial charge in [0.1, 0.15) is 0 Å². The van der Waals surface area contributed by atoms with E-state index < -0.39 is 10.0 Å². The molecule has 122 valence electrons. The summed E-state index contributed by atoms with van der Waals surface area (Å²) < 4.78 is 24.6. The van der Waals surface area contributed by atoms with Crippen LogP contribution in [0.25, 0.3) is 0 Å². The van der Waals surface area contributed by atoms with Crippen molar-refractivity contribution in [1.82, 2.24) is 9.21 Å². The molecule has 3 rings (SSSR count). The molecule has 1 saturated heterocycles. The molecule has 0 radical (unpaired) electrons. The second-order valence-corrected chi connectivity index (χ2v) is 9.23. The van der Waals surface area contributed by atoms with E-state index in [2.05, 4.69) is 6.07 Å². The Morgan fingerprint density at radius 3 is 2.50 bits per heavy atom. The van der Waals surface area contributed by atoms with Gasteiger partial charge >= 0.3 is 0 Å². The molecule has 2 heterocycles. The molecule has 1 aliphatic heterocycles. The highest BCUT2D eigenvalue weighted by Crippen LogP contribution is 2.32. The van der Waals surface area contributed by atoms with Crippen molar-refractivity contribution in [2.75, 3.05) is 19.3 Å². The van der Waals surface area contributed by atoms with Gasteiger partial charge in [-0.05, 0) is 37.1 Å². The first-order valence-electron chi connectivity index (χ1n) is 7.73. The summed E-state index contributed by atoms with van der Waals surface area (Å²) in [5, 5.41) is 2.04. The zero-order chi connectivity index (χ0) is 15.7. The Hall–Kier alpha value is -0.920. The molecule has 1 amide bonds. The zero-order valence-electron chi connectivity index (χ0n) is 12.8. The molecular formula is C15H22N2O3S2. The Morgan fingerprint density at radius 1 is 1.32 bits per heavy atom. The van der Waals surface area contributed by atoms with E-state index in [1.807, 2.05) is 16.3 Å². The van der Waals surface area contributed by atoms with Crippen molar-refractivity contribution in [1.29, 1.82) is 0 Å². The van der Waals surface area contributed by atoms with E-state index in [9.17, 15) is 13.2 Å². The number of hydrogen-bond acceptors (Lipinski definition) is 4. The van der Waals surface area contributed by atoms with Crippen LogP contribution in [0.15, 0.2) is 17.5 Å². The number of nitrogens with zero attached hydrogens (tertiary/aromatic N) is 2. The summed E-state index contributed by atoms with van der Waals surface area (Å²) in [4.78, 5) is 16.1. The summed E-state index contributed by atoms with van der Waals surface area (Å²) in [6, 6.07) is 4.47. The van der Waals surface area contributed by atoms with Gasteiger partial charge in [0.2, 0.25) is 15.9 Å². The fourth-order valence-electron chi connectivity index (χ4n) is 3.01. The monoisotopic (exact) mass is 342 g/mol. The van der Waals surface area contributed by atoms with E-state index in [1.54, 1.807) is 11.3 Å². The van der Waals surface area contributed by atoms with Gasteiger partial charge in [0.25, 0.3) is 0 Å². The average Bonchev–Trinajstić information content (AvgIpc) is 3.20. The van der Waals surface area contributed by atoms with Crippen molar-refractivity contribution in [2.45, 2.75) is 38.3 Å². The van der Waals surface area contributed by atoms with E-state index in [0.29, 0.717) is 38.5 Å². The molecule has 5 nitrogen and oxygen atoms in total. The Bertz CT molecular complexity index is 615. The van der Waals surface area contributed by atoms with Crippen molar-refractivity contribution in [2.24, 2.45) is 5.92 Å². The summed E-state index contributed by atoms with van der Waals surface area (Å²) in [7, 11) is -3.13. The van der Waals surface area contributed by atoms with Crippen molar-refractivity contribution >= 4 is 27.3 Å². The lowest BCUT2D eigenvalue weighted by molar-refractivity contribution is -0.138. The number of piperidine rings is 1. The third kappa shape index (κ3) is 3.70. The van der Waals surface area contributed by atoms with Gasteiger partial charge in [-0.15, -0.1) is 11.3 Å². The number of sulfonamides is 1.